The van der Waals surface area contributed by atoms with Crippen molar-refractivity contribution in [3.63, 3.8) is 0 Å². The van der Waals surface area contributed by atoms with E-state index in [0.717, 1.165) is 5.69 Å². The van der Waals surface area contributed by atoms with E-state index < -0.39 is 11.9 Å². The second-order valence-corrected chi connectivity index (χ2v) is 7.91. The lowest BCUT2D eigenvalue weighted by Crippen LogP contribution is -2.55. The Bertz CT molecular complexity index is 1380. The molecule has 1 fully saturated rings. The van der Waals surface area contributed by atoms with Crippen molar-refractivity contribution in [2.24, 2.45) is 5.92 Å². The van der Waals surface area contributed by atoms with Gasteiger partial charge in [0.1, 0.15) is 17.3 Å². The monoisotopic (exact) mass is 440 g/mol. The molecule has 4 aromatic heterocycles. The molecule has 33 heavy (non-hydrogen) atoms. The second kappa shape index (κ2) is 8.20. The lowest BCUT2D eigenvalue weighted by Gasteiger charge is -2.37. The SMILES string of the molecule is CC(NC(=O)c1c[nH]c2ncc(-c3cc(-n4cccc4)ccn3)nc12)C(=O)N1CC(C#N)C1. The van der Waals surface area contributed by atoms with Crippen LogP contribution in [0.1, 0.15) is 17.3 Å². The minimum absolute atomic E-state index is 0.135. The fraction of sp³-hybridized carbons (Fsp3) is 0.217. The Kier molecular flexibility index (Phi) is 5.06. The molecule has 0 spiro atoms. The highest BCUT2D eigenvalue weighted by molar-refractivity contribution is 6.06. The molecule has 5 rings (SSSR count). The molecule has 1 atom stereocenters. The molecule has 0 aromatic carbocycles. The molecule has 10 nitrogen and oxygen atoms in total. The summed E-state index contributed by atoms with van der Waals surface area (Å²) in [6.45, 7) is 2.42. The number of aromatic nitrogens is 5. The zero-order valence-electron chi connectivity index (χ0n) is 17.8. The molecule has 1 saturated heterocycles. The summed E-state index contributed by atoms with van der Waals surface area (Å²) in [5.74, 6) is -0.781. The minimum Gasteiger partial charge on any atom is -0.344 e. The molecule has 2 N–H and O–H groups in total. The highest BCUT2D eigenvalue weighted by atomic mass is 16.2. The number of nitrogens with zero attached hydrogens (tertiary/aromatic N) is 6. The summed E-state index contributed by atoms with van der Waals surface area (Å²) in [6, 6.07) is 9.06. The predicted molar refractivity (Wildman–Crippen MR) is 119 cm³/mol. The molecule has 4 aromatic rings. The number of carbonyl (C=O) groups is 2. The van der Waals surface area contributed by atoms with Crippen molar-refractivity contribution in [3.8, 4) is 23.1 Å². The Labute approximate surface area is 188 Å². The van der Waals surface area contributed by atoms with Crippen LogP contribution in [-0.2, 0) is 4.79 Å². The molecule has 10 heteroatoms. The van der Waals surface area contributed by atoms with Crippen LogP contribution in [0.15, 0.2) is 55.2 Å². The van der Waals surface area contributed by atoms with Gasteiger partial charge >= 0.3 is 0 Å². The molecular weight excluding hydrogens is 420 g/mol. The van der Waals surface area contributed by atoms with Gasteiger partial charge in [-0.3, -0.25) is 14.6 Å². The Hall–Kier alpha value is -4.52. The molecule has 1 aliphatic heterocycles. The number of hydrogen-bond acceptors (Lipinski definition) is 6. The summed E-state index contributed by atoms with van der Waals surface area (Å²) < 4.78 is 1.96. The highest BCUT2D eigenvalue weighted by Crippen LogP contribution is 2.22. The van der Waals surface area contributed by atoms with Gasteiger partial charge in [-0.25, -0.2) is 9.97 Å². The van der Waals surface area contributed by atoms with Gasteiger partial charge in [0.05, 0.1) is 29.4 Å². The van der Waals surface area contributed by atoms with E-state index in [1.54, 1.807) is 24.2 Å². The minimum atomic E-state index is -0.724. The summed E-state index contributed by atoms with van der Waals surface area (Å²) in [6.07, 6.45) is 8.70. The Morgan fingerprint density at radius 1 is 1.24 bits per heavy atom. The lowest BCUT2D eigenvalue weighted by atomic mass is 10.0. The van der Waals surface area contributed by atoms with Crippen molar-refractivity contribution in [2.75, 3.05) is 13.1 Å². The van der Waals surface area contributed by atoms with E-state index in [4.69, 9.17) is 5.26 Å². The smallest absolute Gasteiger partial charge is 0.255 e. The van der Waals surface area contributed by atoms with E-state index in [9.17, 15) is 9.59 Å². The first-order valence-electron chi connectivity index (χ1n) is 10.5. The molecule has 5 heterocycles. The van der Waals surface area contributed by atoms with Gasteiger partial charge in [-0.1, -0.05) is 0 Å². The number of likely N-dealkylation sites (tertiary alicyclic amines) is 1. The number of nitriles is 1. The molecule has 2 amide bonds. The van der Waals surface area contributed by atoms with E-state index in [-0.39, 0.29) is 11.8 Å². The largest absolute Gasteiger partial charge is 0.344 e. The van der Waals surface area contributed by atoms with Crippen molar-refractivity contribution in [2.45, 2.75) is 13.0 Å². The number of rotatable bonds is 5. The quantitative estimate of drug-likeness (QED) is 0.487. The van der Waals surface area contributed by atoms with Crippen LogP contribution in [0.4, 0.5) is 0 Å². The Morgan fingerprint density at radius 3 is 2.79 bits per heavy atom. The maximum Gasteiger partial charge on any atom is 0.255 e. The van der Waals surface area contributed by atoms with Crippen LogP contribution < -0.4 is 5.32 Å². The summed E-state index contributed by atoms with van der Waals surface area (Å²) in [5.41, 5.74) is 3.22. The molecular formula is C23H20N8O2. The third-order valence-electron chi connectivity index (χ3n) is 5.63. The Morgan fingerprint density at radius 2 is 2.03 bits per heavy atom. The lowest BCUT2D eigenvalue weighted by molar-refractivity contribution is -0.137. The maximum absolute atomic E-state index is 12.9. The van der Waals surface area contributed by atoms with Gasteiger partial charge in [0.15, 0.2) is 5.65 Å². The van der Waals surface area contributed by atoms with Crippen molar-refractivity contribution >= 4 is 23.0 Å². The van der Waals surface area contributed by atoms with Gasteiger partial charge in [-0.2, -0.15) is 5.26 Å². The van der Waals surface area contributed by atoms with Crippen molar-refractivity contribution in [1.82, 2.24) is 34.7 Å². The fourth-order valence-electron chi connectivity index (χ4n) is 3.76. The molecule has 0 aliphatic carbocycles. The maximum atomic E-state index is 12.9. The van der Waals surface area contributed by atoms with Crippen LogP contribution in [0, 0.1) is 17.2 Å². The zero-order chi connectivity index (χ0) is 22.9. The molecule has 0 saturated carbocycles. The fourth-order valence-corrected chi connectivity index (χ4v) is 3.76. The van der Waals surface area contributed by atoms with Crippen molar-refractivity contribution in [3.05, 3.63) is 60.8 Å². The molecule has 0 bridgehead atoms. The Balaban J connectivity index is 1.38. The number of fused-ring (bicyclic) bond motifs is 1. The van der Waals surface area contributed by atoms with Gasteiger partial charge in [0, 0.05) is 43.6 Å². The average molecular weight is 440 g/mol. The van der Waals surface area contributed by atoms with Crippen LogP contribution in [0.2, 0.25) is 0 Å². The first-order chi connectivity index (χ1) is 16.0. The number of hydrogen-bond donors (Lipinski definition) is 2. The van der Waals surface area contributed by atoms with Gasteiger partial charge < -0.3 is 19.8 Å². The molecule has 164 valence electrons. The van der Waals surface area contributed by atoms with Crippen LogP contribution in [0.25, 0.3) is 28.2 Å². The van der Waals surface area contributed by atoms with E-state index >= 15 is 0 Å². The summed E-state index contributed by atoms with van der Waals surface area (Å²) in [7, 11) is 0. The zero-order valence-corrected chi connectivity index (χ0v) is 17.8. The van der Waals surface area contributed by atoms with E-state index in [2.05, 4.69) is 31.3 Å². The van der Waals surface area contributed by atoms with Crippen molar-refractivity contribution < 1.29 is 9.59 Å². The average Bonchev–Trinajstić information content (AvgIpc) is 3.48. The molecule has 1 aliphatic rings. The van der Waals surface area contributed by atoms with E-state index in [0.29, 0.717) is 41.2 Å². The number of amides is 2. The standard InChI is InChI=1S/C23H20N8O2/c1-14(23(33)31-12-15(9-24)13-31)28-22(32)17-10-26-21-20(17)29-19(11-27-21)18-8-16(4-5-25-18)30-6-2-3-7-30/h2-8,10-11,14-15H,12-13H2,1H3,(H,26,27)(H,28,32). The van der Waals surface area contributed by atoms with Crippen molar-refractivity contribution in [1.29, 1.82) is 5.26 Å². The van der Waals surface area contributed by atoms with Gasteiger partial charge in [-0.15, -0.1) is 0 Å². The van der Waals surface area contributed by atoms with Crippen LogP contribution in [0.5, 0.6) is 0 Å². The topological polar surface area (TPSA) is 133 Å². The van der Waals surface area contributed by atoms with E-state index in [1.165, 1.54) is 6.20 Å². The third-order valence-corrected chi connectivity index (χ3v) is 5.63. The number of pyridine rings is 1. The number of aromatic amines is 1. The third kappa shape index (κ3) is 3.80. The summed E-state index contributed by atoms with van der Waals surface area (Å²) in [5, 5.41) is 11.6. The summed E-state index contributed by atoms with van der Waals surface area (Å²) >= 11 is 0. The van der Waals surface area contributed by atoms with Crippen LogP contribution in [-0.4, -0.2) is 60.3 Å². The van der Waals surface area contributed by atoms with Crippen LogP contribution >= 0.6 is 0 Å². The number of H-pyrrole nitrogens is 1. The first-order valence-corrected chi connectivity index (χ1v) is 10.5. The normalized spacial score (nSPS) is 14.5. The van der Waals surface area contributed by atoms with E-state index in [1.807, 2.05) is 41.2 Å². The molecule has 1 unspecified atom stereocenters. The van der Waals surface area contributed by atoms with Gasteiger partial charge in [-0.05, 0) is 31.2 Å². The van der Waals surface area contributed by atoms with Crippen LogP contribution in [0.3, 0.4) is 0 Å². The van der Waals surface area contributed by atoms with Gasteiger partial charge in [0.2, 0.25) is 5.91 Å². The number of nitrogens with one attached hydrogen (secondary N) is 2. The first kappa shape index (κ1) is 20.4. The predicted octanol–water partition coefficient (Wildman–Crippen LogP) is 1.91. The highest BCUT2D eigenvalue weighted by Gasteiger charge is 2.33. The molecule has 0 radical (unpaired) electrons. The van der Waals surface area contributed by atoms with Gasteiger partial charge in [0.25, 0.3) is 5.91 Å². The number of carbonyl (C=O) groups excluding carboxylic acids is 2. The second-order valence-electron chi connectivity index (χ2n) is 7.91. The summed E-state index contributed by atoms with van der Waals surface area (Å²) in [4.78, 5) is 43.3.